The summed E-state index contributed by atoms with van der Waals surface area (Å²) in [5.41, 5.74) is 2.37. The van der Waals surface area contributed by atoms with E-state index >= 15 is 0 Å². The van der Waals surface area contributed by atoms with E-state index in [4.69, 9.17) is 4.98 Å². The second kappa shape index (κ2) is 6.89. The largest absolute Gasteiger partial charge is 0.309 e. The number of aromatic nitrogens is 1. The molecule has 1 unspecified atom stereocenters. The molecule has 0 spiro atoms. The summed E-state index contributed by atoms with van der Waals surface area (Å²) in [5, 5.41) is 3.66. The molecule has 1 fully saturated rings. The number of aryl methyl sites for hydroxylation is 1. The van der Waals surface area contributed by atoms with Gasteiger partial charge in [-0.25, -0.2) is 0 Å². The molecule has 1 atom stereocenters. The molecular formula is C16H26N2. The molecule has 2 nitrogen and oxygen atoms in total. The molecule has 0 aromatic carbocycles. The fourth-order valence-electron chi connectivity index (χ4n) is 3.11. The zero-order valence-corrected chi connectivity index (χ0v) is 11.8. The van der Waals surface area contributed by atoms with Crippen molar-refractivity contribution < 1.29 is 0 Å². The Kier molecular flexibility index (Phi) is 5.18. The smallest absolute Gasteiger partial charge is 0.0579 e. The van der Waals surface area contributed by atoms with Crippen LogP contribution in [0.1, 0.15) is 62.9 Å². The summed E-state index contributed by atoms with van der Waals surface area (Å²) in [6.45, 7) is 5.30. The first-order valence-electron chi connectivity index (χ1n) is 7.48. The normalized spacial score (nSPS) is 19.4. The second-order valence-electron chi connectivity index (χ2n) is 5.49. The van der Waals surface area contributed by atoms with Gasteiger partial charge in [-0.3, -0.25) is 4.98 Å². The fourth-order valence-corrected chi connectivity index (χ4v) is 3.11. The number of hydrogen-bond acceptors (Lipinski definition) is 2. The summed E-state index contributed by atoms with van der Waals surface area (Å²) >= 11 is 0. The second-order valence-corrected chi connectivity index (χ2v) is 5.49. The van der Waals surface area contributed by atoms with Gasteiger partial charge in [0.05, 0.1) is 11.7 Å². The molecule has 1 aliphatic rings. The van der Waals surface area contributed by atoms with Gasteiger partial charge >= 0.3 is 0 Å². The Labute approximate surface area is 111 Å². The van der Waals surface area contributed by atoms with Crippen LogP contribution in [-0.4, -0.2) is 11.5 Å². The predicted octanol–water partition coefficient (Wildman–Crippen LogP) is 4.01. The maximum atomic E-state index is 4.74. The number of nitrogens with one attached hydrogen (secondary N) is 1. The quantitative estimate of drug-likeness (QED) is 0.812. The Balaban J connectivity index is 2.15. The van der Waals surface area contributed by atoms with Crippen molar-refractivity contribution in [3.8, 4) is 0 Å². The molecule has 0 amide bonds. The zero-order valence-electron chi connectivity index (χ0n) is 11.8. The Hall–Kier alpha value is -0.890. The average molecular weight is 246 g/mol. The first-order chi connectivity index (χ1) is 8.81. The van der Waals surface area contributed by atoms with Crippen molar-refractivity contribution in [3.63, 3.8) is 0 Å². The van der Waals surface area contributed by atoms with E-state index in [0.717, 1.165) is 18.2 Å². The molecule has 2 rings (SSSR count). The van der Waals surface area contributed by atoms with Crippen LogP contribution in [0.15, 0.2) is 18.2 Å². The van der Waals surface area contributed by atoms with Gasteiger partial charge in [0.1, 0.15) is 0 Å². The van der Waals surface area contributed by atoms with E-state index in [-0.39, 0.29) is 0 Å². The highest BCUT2D eigenvalue weighted by molar-refractivity contribution is 5.14. The van der Waals surface area contributed by atoms with E-state index in [1.165, 1.54) is 44.2 Å². The average Bonchev–Trinajstić information content (AvgIpc) is 2.64. The summed E-state index contributed by atoms with van der Waals surface area (Å²) in [5.74, 6) is 0.766. The molecule has 0 saturated heterocycles. The first kappa shape index (κ1) is 13.5. The minimum absolute atomic E-state index is 0.452. The molecule has 0 aliphatic heterocycles. The highest BCUT2D eigenvalue weighted by Gasteiger charge is 2.24. The maximum absolute atomic E-state index is 4.74. The lowest BCUT2D eigenvalue weighted by atomic mass is 9.89. The van der Waals surface area contributed by atoms with Crippen molar-refractivity contribution in [1.82, 2.24) is 10.3 Å². The van der Waals surface area contributed by atoms with Crippen molar-refractivity contribution in [2.24, 2.45) is 5.92 Å². The molecule has 1 aromatic rings. The van der Waals surface area contributed by atoms with Crippen molar-refractivity contribution >= 4 is 0 Å². The molecule has 1 heterocycles. The summed E-state index contributed by atoms with van der Waals surface area (Å²) in [4.78, 5) is 4.74. The maximum Gasteiger partial charge on any atom is 0.0579 e. The third-order valence-electron chi connectivity index (χ3n) is 4.02. The molecule has 1 N–H and O–H groups in total. The van der Waals surface area contributed by atoms with E-state index in [0.29, 0.717) is 6.04 Å². The number of pyridine rings is 1. The van der Waals surface area contributed by atoms with Crippen molar-refractivity contribution in [3.05, 3.63) is 29.6 Å². The molecule has 1 saturated carbocycles. The van der Waals surface area contributed by atoms with Crippen LogP contribution in [0, 0.1) is 12.8 Å². The van der Waals surface area contributed by atoms with Gasteiger partial charge in [-0.05, 0) is 44.4 Å². The first-order valence-corrected chi connectivity index (χ1v) is 7.48. The topological polar surface area (TPSA) is 24.9 Å². The molecule has 0 radical (unpaired) electrons. The molecule has 100 valence electrons. The minimum Gasteiger partial charge on any atom is -0.309 e. The lowest BCUT2D eigenvalue weighted by Crippen LogP contribution is -2.29. The number of rotatable bonds is 4. The third-order valence-corrected chi connectivity index (χ3v) is 4.02. The van der Waals surface area contributed by atoms with Crippen LogP contribution < -0.4 is 5.32 Å². The number of nitrogens with zero attached hydrogens (tertiary/aromatic N) is 1. The van der Waals surface area contributed by atoms with Crippen LogP contribution in [-0.2, 0) is 0 Å². The van der Waals surface area contributed by atoms with Crippen molar-refractivity contribution in [1.29, 1.82) is 0 Å². The Bertz CT molecular complexity index is 354. The van der Waals surface area contributed by atoms with Crippen LogP contribution in [0.3, 0.4) is 0 Å². The summed E-state index contributed by atoms with van der Waals surface area (Å²) in [6.07, 6.45) is 8.31. The molecule has 0 bridgehead atoms. The van der Waals surface area contributed by atoms with E-state index in [1.54, 1.807) is 0 Å². The van der Waals surface area contributed by atoms with Crippen molar-refractivity contribution in [2.75, 3.05) is 6.54 Å². The Morgan fingerprint density at radius 2 is 1.94 bits per heavy atom. The van der Waals surface area contributed by atoms with Gasteiger partial charge in [-0.15, -0.1) is 0 Å². The summed E-state index contributed by atoms with van der Waals surface area (Å²) in [7, 11) is 0. The highest BCUT2D eigenvalue weighted by atomic mass is 14.9. The van der Waals surface area contributed by atoms with Crippen molar-refractivity contribution in [2.45, 2.75) is 58.4 Å². The van der Waals surface area contributed by atoms with Gasteiger partial charge in [-0.2, -0.15) is 0 Å². The monoisotopic (exact) mass is 246 g/mol. The molecule has 18 heavy (non-hydrogen) atoms. The summed E-state index contributed by atoms with van der Waals surface area (Å²) in [6, 6.07) is 6.86. The van der Waals surface area contributed by atoms with Gasteiger partial charge in [-0.1, -0.05) is 38.7 Å². The minimum atomic E-state index is 0.452. The van der Waals surface area contributed by atoms with E-state index in [9.17, 15) is 0 Å². The van der Waals surface area contributed by atoms with E-state index in [1.807, 2.05) is 0 Å². The number of hydrogen-bond donors (Lipinski definition) is 1. The summed E-state index contributed by atoms with van der Waals surface area (Å²) < 4.78 is 0. The van der Waals surface area contributed by atoms with E-state index < -0.39 is 0 Å². The van der Waals surface area contributed by atoms with Gasteiger partial charge in [0.25, 0.3) is 0 Å². The van der Waals surface area contributed by atoms with Gasteiger partial charge in [0.2, 0.25) is 0 Å². The Morgan fingerprint density at radius 1 is 1.22 bits per heavy atom. The molecule has 1 aromatic heterocycles. The molecule has 2 heteroatoms. The van der Waals surface area contributed by atoms with Crippen LogP contribution in [0.5, 0.6) is 0 Å². The SMILES string of the molecule is CCNC(c1cccc(C)n1)C1CCCCCC1. The van der Waals surface area contributed by atoms with Gasteiger partial charge < -0.3 is 5.32 Å². The predicted molar refractivity (Wildman–Crippen MR) is 76.6 cm³/mol. The van der Waals surface area contributed by atoms with Crippen LogP contribution in [0.4, 0.5) is 0 Å². The van der Waals surface area contributed by atoms with Gasteiger partial charge in [0.15, 0.2) is 0 Å². The van der Waals surface area contributed by atoms with Crippen LogP contribution >= 0.6 is 0 Å². The standard InChI is InChI=1S/C16H26N2/c1-3-17-16(14-10-6-4-5-7-11-14)15-12-8-9-13(2)18-15/h8-9,12,14,16-17H,3-7,10-11H2,1-2H3. The van der Waals surface area contributed by atoms with Gasteiger partial charge in [0, 0.05) is 5.69 Å². The molecular weight excluding hydrogens is 220 g/mol. The van der Waals surface area contributed by atoms with Crippen LogP contribution in [0.25, 0.3) is 0 Å². The Morgan fingerprint density at radius 3 is 2.56 bits per heavy atom. The fraction of sp³-hybridized carbons (Fsp3) is 0.688. The lowest BCUT2D eigenvalue weighted by molar-refractivity contribution is 0.324. The highest BCUT2D eigenvalue weighted by Crippen LogP contribution is 2.32. The lowest BCUT2D eigenvalue weighted by Gasteiger charge is -2.26. The third kappa shape index (κ3) is 3.55. The zero-order chi connectivity index (χ0) is 12.8. The van der Waals surface area contributed by atoms with E-state index in [2.05, 4.69) is 37.4 Å². The van der Waals surface area contributed by atoms with Crippen LogP contribution in [0.2, 0.25) is 0 Å². The molecule has 1 aliphatic carbocycles.